The number of thiophene rings is 1. The number of amides is 3. The van der Waals surface area contributed by atoms with Gasteiger partial charge in [0.15, 0.2) is 5.78 Å². The van der Waals surface area contributed by atoms with Crippen molar-refractivity contribution in [1.29, 1.82) is 0 Å². The maximum atomic E-state index is 14.5. The van der Waals surface area contributed by atoms with E-state index in [9.17, 15) is 24.0 Å². The van der Waals surface area contributed by atoms with Gasteiger partial charge in [-0.05, 0) is 76.2 Å². The van der Waals surface area contributed by atoms with Crippen LogP contribution in [0.5, 0.6) is 5.75 Å². The van der Waals surface area contributed by atoms with Crippen LogP contribution in [0.3, 0.4) is 0 Å². The van der Waals surface area contributed by atoms with Crippen LogP contribution in [0, 0.1) is 11.8 Å². The normalized spacial score (nSPS) is 20.0. The Morgan fingerprint density at radius 1 is 0.735 bits per heavy atom. The molecule has 1 saturated heterocycles. The Balaban J connectivity index is 1.15. The van der Waals surface area contributed by atoms with Crippen molar-refractivity contribution in [2.45, 2.75) is 11.8 Å². The third kappa shape index (κ3) is 5.08. The molecular weight excluding hydrogens is 683 g/mol. The van der Waals surface area contributed by atoms with E-state index < -0.39 is 59.7 Å². The zero-order valence-electron chi connectivity index (χ0n) is 25.4. The Kier molecular flexibility index (Phi) is 7.71. The van der Waals surface area contributed by atoms with Gasteiger partial charge in [-0.1, -0.05) is 77.8 Å². The second-order valence-corrected chi connectivity index (χ2v) is 13.8. The standard InChI is InChI=1S/C38H24Cl2N2O6S/c39-21-13-16-27(28(40)18-21)35(44)41(19-29(43)20-11-14-22(15-12-20)48-38(47)30-10-5-17-49-30)42-36(45)33-31-23-6-1-2-7-24(23)32(34(33)37(42)46)26-9-4-3-8-25(26)31/h1-18,31-34H,19H2/t31?,32?,33-,34-/m0/s1. The topological polar surface area (TPSA) is 101 Å². The SMILES string of the molecule is O=C(CN(C(=O)c1ccc(Cl)cc1Cl)N1C(=O)[C@H]2C3c4ccccc4C(c4ccccc43)[C@@H]2C1=O)c1ccc(OC(=O)c2cccs2)cc1. The Morgan fingerprint density at radius 2 is 1.31 bits per heavy atom. The highest BCUT2D eigenvalue weighted by Gasteiger charge is 2.63. The van der Waals surface area contributed by atoms with Crippen molar-refractivity contribution in [3.8, 4) is 5.75 Å². The lowest BCUT2D eigenvalue weighted by molar-refractivity contribution is -0.154. The molecule has 8 nitrogen and oxygen atoms in total. The number of benzene rings is 4. The summed E-state index contributed by atoms with van der Waals surface area (Å²) in [6.07, 6.45) is 0. The second-order valence-electron chi connectivity index (χ2n) is 12.1. The van der Waals surface area contributed by atoms with Gasteiger partial charge in [-0.3, -0.25) is 19.2 Å². The van der Waals surface area contributed by atoms with Gasteiger partial charge in [-0.25, -0.2) is 9.80 Å². The average molecular weight is 708 g/mol. The molecule has 9 rings (SSSR count). The van der Waals surface area contributed by atoms with E-state index in [1.807, 2.05) is 48.5 Å². The number of imide groups is 1. The van der Waals surface area contributed by atoms with Crippen molar-refractivity contribution in [2.75, 3.05) is 6.54 Å². The molecule has 2 heterocycles. The number of hydrogen-bond donors (Lipinski definition) is 0. The van der Waals surface area contributed by atoms with Crippen LogP contribution in [-0.2, 0) is 9.59 Å². The number of hydrogen-bond acceptors (Lipinski definition) is 7. The zero-order valence-corrected chi connectivity index (χ0v) is 27.7. The molecule has 0 saturated carbocycles. The quantitative estimate of drug-likeness (QED) is 0.0757. The minimum atomic E-state index is -0.806. The molecule has 49 heavy (non-hydrogen) atoms. The van der Waals surface area contributed by atoms with Gasteiger partial charge in [0.25, 0.3) is 17.7 Å². The summed E-state index contributed by atoms with van der Waals surface area (Å²) in [6.45, 7) is -0.641. The number of Topliss-reactive ketones (excluding diaryl/α,β-unsaturated/α-hetero) is 1. The fourth-order valence-electron chi connectivity index (χ4n) is 7.42. The second kappa shape index (κ2) is 12.1. The van der Waals surface area contributed by atoms with Crippen LogP contribution in [0.1, 0.15) is 64.5 Å². The summed E-state index contributed by atoms with van der Waals surface area (Å²) < 4.78 is 5.41. The van der Waals surface area contributed by atoms with Gasteiger partial charge in [-0.15, -0.1) is 11.3 Å². The fraction of sp³-hybridized carbons (Fsp3) is 0.132. The van der Waals surface area contributed by atoms with E-state index in [4.69, 9.17) is 27.9 Å². The van der Waals surface area contributed by atoms with E-state index in [0.29, 0.717) is 4.88 Å². The van der Waals surface area contributed by atoms with Crippen molar-refractivity contribution in [3.05, 3.63) is 157 Å². The maximum Gasteiger partial charge on any atom is 0.353 e. The molecule has 2 bridgehead atoms. The molecule has 3 aliphatic carbocycles. The Labute approximate surface area is 294 Å². The van der Waals surface area contributed by atoms with Gasteiger partial charge in [0.2, 0.25) is 0 Å². The van der Waals surface area contributed by atoms with Crippen LogP contribution in [0.4, 0.5) is 0 Å². The van der Waals surface area contributed by atoms with Gasteiger partial charge < -0.3 is 4.74 Å². The Bertz CT molecular complexity index is 2090. The molecule has 1 aromatic heterocycles. The van der Waals surface area contributed by atoms with E-state index in [1.54, 1.807) is 17.5 Å². The molecule has 3 amide bonds. The van der Waals surface area contributed by atoms with Crippen molar-refractivity contribution in [1.82, 2.24) is 10.0 Å². The van der Waals surface area contributed by atoms with Gasteiger partial charge in [0.1, 0.15) is 17.2 Å². The molecule has 2 atom stereocenters. The summed E-state index contributed by atoms with van der Waals surface area (Å²) in [4.78, 5) is 70.0. The van der Waals surface area contributed by atoms with Crippen LogP contribution >= 0.6 is 34.5 Å². The minimum Gasteiger partial charge on any atom is -0.422 e. The molecule has 242 valence electrons. The first-order valence-corrected chi connectivity index (χ1v) is 17.1. The Morgan fingerprint density at radius 3 is 1.82 bits per heavy atom. The summed E-state index contributed by atoms with van der Waals surface area (Å²) >= 11 is 13.8. The van der Waals surface area contributed by atoms with Gasteiger partial charge in [0, 0.05) is 22.4 Å². The summed E-state index contributed by atoms with van der Waals surface area (Å²) in [5.41, 5.74) is 4.05. The fourth-order valence-corrected chi connectivity index (χ4v) is 8.51. The molecule has 5 aromatic rings. The van der Waals surface area contributed by atoms with Gasteiger partial charge in [0.05, 0.1) is 22.4 Å². The summed E-state index contributed by atoms with van der Waals surface area (Å²) in [7, 11) is 0. The predicted molar refractivity (Wildman–Crippen MR) is 183 cm³/mol. The highest BCUT2D eigenvalue weighted by Crippen LogP contribution is 2.61. The van der Waals surface area contributed by atoms with Crippen molar-refractivity contribution in [3.63, 3.8) is 0 Å². The molecule has 1 fully saturated rings. The number of ketones is 1. The number of carbonyl (C=O) groups is 5. The number of carbonyl (C=O) groups excluding carboxylic acids is 5. The highest BCUT2D eigenvalue weighted by molar-refractivity contribution is 7.12. The first-order chi connectivity index (χ1) is 23.7. The van der Waals surface area contributed by atoms with Crippen molar-refractivity contribution in [2.24, 2.45) is 11.8 Å². The van der Waals surface area contributed by atoms with Gasteiger partial charge >= 0.3 is 5.97 Å². The molecule has 0 unspecified atom stereocenters. The zero-order chi connectivity index (χ0) is 34.0. The molecule has 0 N–H and O–H groups in total. The largest absolute Gasteiger partial charge is 0.422 e. The van der Waals surface area contributed by atoms with Crippen LogP contribution in [0.25, 0.3) is 0 Å². The van der Waals surface area contributed by atoms with Gasteiger partial charge in [-0.2, -0.15) is 5.01 Å². The third-order valence-electron chi connectivity index (χ3n) is 9.47. The van der Waals surface area contributed by atoms with E-state index >= 15 is 0 Å². The number of nitrogens with zero attached hydrogens (tertiary/aromatic N) is 2. The summed E-state index contributed by atoms with van der Waals surface area (Å²) in [5, 5.41) is 3.81. The minimum absolute atomic E-state index is 0.00301. The number of hydrazine groups is 1. The monoisotopic (exact) mass is 706 g/mol. The molecule has 4 aromatic carbocycles. The number of ether oxygens (including phenoxy) is 1. The van der Waals surface area contributed by atoms with Crippen LogP contribution in [-0.4, -0.2) is 46.0 Å². The van der Waals surface area contributed by atoms with E-state index in [0.717, 1.165) is 32.3 Å². The molecule has 4 aliphatic rings. The van der Waals surface area contributed by atoms with Crippen LogP contribution in [0.15, 0.2) is 109 Å². The number of halogens is 2. The first-order valence-electron chi connectivity index (χ1n) is 15.4. The van der Waals surface area contributed by atoms with Crippen molar-refractivity contribution < 1.29 is 28.7 Å². The molecule has 0 spiro atoms. The van der Waals surface area contributed by atoms with E-state index in [-0.39, 0.29) is 26.9 Å². The maximum absolute atomic E-state index is 14.5. The number of esters is 1. The molecule has 11 heteroatoms. The molecular formula is C38H24Cl2N2O6S. The van der Waals surface area contributed by atoms with Crippen LogP contribution in [0.2, 0.25) is 10.0 Å². The Hall–Kier alpha value is -5.09. The third-order valence-corrected chi connectivity index (χ3v) is 10.9. The predicted octanol–water partition coefficient (Wildman–Crippen LogP) is 7.41. The van der Waals surface area contributed by atoms with E-state index in [1.165, 1.54) is 53.8 Å². The van der Waals surface area contributed by atoms with Crippen LogP contribution < -0.4 is 4.74 Å². The lowest BCUT2D eigenvalue weighted by Crippen LogP contribution is -2.52. The summed E-state index contributed by atoms with van der Waals surface area (Å²) in [5.74, 6) is -5.14. The number of rotatable bonds is 7. The molecule has 0 radical (unpaired) electrons. The van der Waals surface area contributed by atoms with E-state index in [2.05, 4.69) is 0 Å². The highest BCUT2D eigenvalue weighted by atomic mass is 35.5. The summed E-state index contributed by atoms with van der Waals surface area (Å²) in [6, 6.07) is 29.1. The smallest absolute Gasteiger partial charge is 0.353 e. The lowest BCUT2D eigenvalue weighted by Gasteiger charge is -2.45. The lowest BCUT2D eigenvalue weighted by atomic mass is 9.55. The average Bonchev–Trinajstić information content (AvgIpc) is 3.74. The molecule has 1 aliphatic heterocycles. The first kappa shape index (κ1) is 31.2. The van der Waals surface area contributed by atoms with Crippen molar-refractivity contribution >= 4 is 64.0 Å².